The molecule has 1 aromatic carbocycles. The van der Waals surface area contributed by atoms with E-state index in [9.17, 15) is 18.0 Å². The molecule has 0 saturated carbocycles. The molecule has 9 heteroatoms. The minimum absolute atomic E-state index is 0.0102. The number of carbonyl (C=O) groups excluding carboxylic acids is 1. The van der Waals surface area contributed by atoms with Crippen LogP contribution in [0, 0.1) is 5.92 Å². The summed E-state index contributed by atoms with van der Waals surface area (Å²) in [7, 11) is 0. The molecule has 0 aliphatic carbocycles. The third-order valence-corrected chi connectivity index (χ3v) is 3.80. The average molecular weight is 400 g/mol. The predicted octanol–water partition coefficient (Wildman–Crippen LogP) is 4.38. The number of nitrogens with zero attached hydrogens (tertiary/aromatic N) is 2. The van der Waals surface area contributed by atoms with Crippen molar-refractivity contribution in [1.29, 1.82) is 0 Å². The number of benzene rings is 1. The molecule has 1 aromatic heterocycles. The minimum atomic E-state index is -4.81. The van der Waals surface area contributed by atoms with Crippen LogP contribution in [0.5, 0.6) is 5.75 Å². The van der Waals surface area contributed by atoms with Crippen LogP contribution in [0.2, 0.25) is 5.02 Å². The summed E-state index contributed by atoms with van der Waals surface area (Å²) in [5.74, 6) is -1.06. The lowest BCUT2D eigenvalue weighted by atomic mass is 10.0. The number of rotatable bonds is 6. The van der Waals surface area contributed by atoms with Crippen LogP contribution in [0.15, 0.2) is 41.5 Å². The number of primary amides is 1. The van der Waals surface area contributed by atoms with Crippen molar-refractivity contribution in [1.82, 2.24) is 4.98 Å². The molecule has 1 heterocycles. The number of nitrogens with two attached hydrogens (primary N) is 1. The van der Waals surface area contributed by atoms with Crippen LogP contribution in [0.3, 0.4) is 0 Å². The summed E-state index contributed by atoms with van der Waals surface area (Å²) in [5.41, 5.74) is 7.33. The Balaban J connectivity index is 2.26. The zero-order chi connectivity index (χ0) is 20.2. The number of alkyl halides is 3. The number of aliphatic imine (C=N–C) groups is 1. The monoisotopic (exact) mass is 399 g/mol. The highest BCUT2D eigenvalue weighted by Gasteiger charge is 2.32. The first-order valence-corrected chi connectivity index (χ1v) is 8.29. The van der Waals surface area contributed by atoms with Gasteiger partial charge in [-0.15, -0.1) is 13.2 Å². The zero-order valence-corrected chi connectivity index (χ0v) is 15.3. The van der Waals surface area contributed by atoms with Crippen molar-refractivity contribution in [3.8, 4) is 5.75 Å². The fourth-order valence-electron chi connectivity index (χ4n) is 2.31. The van der Waals surface area contributed by atoms with Crippen molar-refractivity contribution >= 4 is 23.2 Å². The van der Waals surface area contributed by atoms with Gasteiger partial charge in [-0.25, -0.2) is 0 Å². The van der Waals surface area contributed by atoms with E-state index >= 15 is 0 Å². The van der Waals surface area contributed by atoms with Gasteiger partial charge in [0.1, 0.15) is 5.75 Å². The van der Waals surface area contributed by atoms with Gasteiger partial charge in [0, 0.05) is 11.8 Å². The number of halogens is 4. The summed E-state index contributed by atoms with van der Waals surface area (Å²) < 4.78 is 40.7. The molecule has 27 heavy (non-hydrogen) atoms. The molecule has 0 atom stereocenters. The predicted molar refractivity (Wildman–Crippen MR) is 96.0 cm³/mol. The Morgan fingerprint density at radius 2 is 2.00 bits per heavy atom. The van der Waals surface area contributed by atoms with Crippen LogP contribution in [0.25, 0.3) is 0 Å². The van der Waals surface area contributed by atoms with Gasteiger partial charge in [0.2, 0.25) is 5.91 Å². The van der Waals surface area contributed by atoms with Crippen molar-refractivity contribution in [2.24, 2.45) is 16.6 Å². The first kappa shape index (κ1) is 20.7. The molecule has 0 spiro atoms. The molecule has 0 aliphatic rings. The minimum Gasteiger partial charge on any atom is -0.404 e. The van der Waals surface area contributed by atoms with E-state index in [4.69, 9.17) is 17.3 Å². The van der Waals surface area contributed by atoms with Gasteiger partial charge >= 0.3 is 6.36 Å². The van der Waals surface area contributed by atoms with Crippen molar-refractivity contribution in [2.45, 2.75) is 26.8 Å². The summed E-state index contributed by atoms with van der Waals surface area (Å²) in [5, 5.41) is -0.167. The van der Waals surface area contributed by atoms with Crippen LogP contribution in [0.1, 0.15) is 35.5 Å². The van der Waals surface area contributed by atoms with Gasteiger partial charge in [-0.05, 0) is 35.7 Å². The van der Waals surface area contributed by atoms with E-state index in [-0.39, 0.29) is 17.5 Å². The number of amides is 1. The Kier molecular flexibility index (Phi) is 6.43. The number of pyridine rings is 1. The van der Waals surface area contributed by atoms with E-state index in [0.717, 1.165) is 6.07 Å². The first-order chi connectivity index (χ1) is 12.6. The SMILES string of the molecule is CC(C)C(=NCc1ccc(OC(F)(F)F)c(Cl)c1)c1cc(C(N)=O)ccn1. The molecule has 2 aromatic rings. The lowest BCUT2D eigenvalue weighted by Gasteiger charge is -2.12. The molecule has 0 saturated heterocycles. The number of ether oxygens (including phenoxy) is 1. The van der Waals surface area contributed by atoms with E-state index in [0.29, 0.717) is 22.5 Å². The Hall–Kier alpha value is -2.61. The fourth-order valence-corrected chi connectivity index (χ4v) is 2.55. The molecular formula is C18H17ClF3N3O2. The molecule has 2 rings (SSSR count). The fraction of sp³-hybridized carbons (Fsp3) is 0.278. The lowest BCUT2D eigenvalue weighted by molar-refractivity contribution is -0.274. The smallest absolute Gasteiger partial charge is 0.404 e. The van der Waals surface area contributed by atoms with Gasteiger partial charge in [0.05, 0.1) is 23.0 Å². The van der Waals surface area contributed by atoms with Crippen molar-refractivity contribution in [3.05, 3.63) is 58.4 Å². The normalized spacial score (nSPS) is 12.3. The molecule has 0 bridgehead atoms. The Bertz CT molecular complexity index is 867. The van der Waals surface area contributed by atoms with Gasteiger partial charge in [-0.1, -0.05) is 31.5 Å². The first-order valence-electron chi connectivity index (χ1n) is 7.91. The van der Waals surface area contributed by atoms with Gasteiger partial charge in [-0.2, -0.15) is 0 Å². The summed E-state index contributed by atoms with van der Waals surface area (Å²) in [4.78, 5) is 20.0. The molecular weight excluding hydrogens is 383 g/mol. The third-order valence-electron chi connectivity index (χ3n) is 3.51. The molecule has 0 unspecified atom stereocenters. The van der Waals surface area contributed by atoms with E-state index in [1.54, 1.807) is 6.07 Å². The summed E-state index contributed by atoms with van der Waals surface area (Å²) >= 11 is 5.85. The largest absolute Gasteiger partial charge is 0.573 e. The van der Waals surface area contributed by atoms with E-state index in [1.807, 2.05) is 13.8 Å². The van der Waals surface area contributed by atoms with Gasteiger partial charge in [-0.3, -0.25) is 14.8 Å². The summed E-state index contributed by atoms with van der Waals surface area (Å²) in [6, 6.07) is 7.00. The van der Waals surface area contributed by atoms with Gasteiger partial charge < -0.3 is 10.5 Å². The van der Waals surface area contributed by atoms with Gasteiger partial charge in [0.25, 0.3) is 0 Å². The van der Waals surface area contributed by atoms with Crippen molar-refractivity contribution in [3.63, 3.8) is 0 Å². The summed E-state index contributed by atoms with van der Waals surface area (Å²) in [6.07, 6.45) is -3.35. The highest BCUT2D eigenvalue weighted by Crippen LogP contribution is 2.31. The molecule has 1 amide bonds. The maximum absolute atomic E-state index is 12.3. The highest BCUT2D eigenvalue weighted by molar-refractivity contribution is 6.32. The standard InChI is InChI=1S/C18H17ClF3N3O2/c1-10(2)16(14-8-12(17(23)26)5-6-24-14)25-9-11-3-4-15(13(19)7-11)27-18(20,21)22/h3-8,10H,9H2,1-2H3,(H2,23,26). The van der Waals surface area contributed by atoms with E-state index < -0.39 is 18.0 Å². The quantitative estimate of drug-likeness (QED) is 0.732. The number of hydrogen-bond acceptors (Lipinski definition) is 4. The van der Waals surface area contributed by atoms with Crippen LogP contribution in [-0.4, -0.2) is 23.0 Å². The summed E-state index contributed by atoms with van der Waals surface area (Å²) in [6.45, 7) is 3.98. The number of hydrogen-bond donors (Lipinski definition) is 1. The highest BCUT2D eigenvalue weighted by atomic mass is 35.5. The van der Waals surface area contributed by atoms with E-state index in [2.05, 4.69) is 14.7 Å². The topological polar surface area (TPSA) is 77.6 Å². The molecule has 144 valence electrons. The number of aromatic nitrogens is 1. The van der Waals surface area contributed by atoms with Crippen molar-refractivity contribution in [2.75, 3.05) is 0 Å². The lowest BCUT2D eigenvalue weighted by Crippen LogP contribution is -2.17. The van der Waals surface area contributed by atoms with Gasteiger partial charge in [0.15, 0.2) is 0 Å². The second-order valence-electron chi connectivity index (χ2n) is 5.96. The Morgan fingerprint density at radius 1 is 1.30 bits per heavy atom. The number of carbonyl (C=O) groups is 1. The van der Waals surface area contributed by atoms with Crippen LogP contribution in [-0.2, 0) is 6.54 Å². The second-order valence-corrected chi connectivity index (χ2v) is 6.37. The van der Waals surface area contributed by atoms with Crippen LogP contribution < -0.4 is 10.5 Å². The third kappa shape index (κ3) is 5.96. The molecule has 0 radical (unpaired) electrons. The zero-order valence-electron chi connectivity index (χ0n) is 14.5. The molecule has 5 nitrogen and oxygen atoms in total. The molecule has 0 fully saturated rings. The van der Waals surface area contributed by atoms with Crippen LogP contribution in [0.4, 0.5) is 13.2 Å². The molecule has 2 N–H and O–H groups in total. The molecule has 0 aliphatic heterocycles. The average Bonchev–Trinajstić information content (AvgIpc) is 2.56. The van der Waals surface area contributed by atoms with Crippen LogP contribution >= 0.6 is 11.6 Å². The Labute approximate surface area is 159 Å². The van der Waals surface area contributed by atoms with E-state index in [1.165, 1.54) is 24.4 Å². The second kappa shape index (κ2) is 8.39. The maximum Gasteiger partial charge on any atom is 0.573 e. The van der Waals surface area contributed by atoms with Crippen molar-refractivity contribution < 1.29 is 22.7 Å². The Morgan fingerprint density at radius 3 is 2.56 bits per heavy atom. The maximum atomic E-state index is 12.3.